The Kier molecular flexibility index (Phi) is 7.37. The van der Waals surface area contributed by atoms with E-state index in [0.717, 1.165) is 34.6 Å². The lowest BCUT2D eigenvalue weighted by Gasteiger charge is -2.12. The summed E-state index contributed by atoms with van der Waals surface area (Å²) in [6.07, 6.45) is 4.21. The summed E-state index contributed by atoms with van der Waals surface area (Å²) >= 11 is 0. The zero-order valence-electron chi connectivity index (χ0n) is 20.9. The fraction of sp³-hybridized carbons (Fsp3) is 0.241. The second kappa shape index (κ2) is 11.2. The van der Waals surface area contributed by atoms with E-state index in [0.29, 0.717) is 42.0 Å². The highest BCUT2D eigenvalue weighted by Crippen LogP contribution is 2.26. The first-order valence-corrected chi connectivity index (χ1v) is 12.2. The lowest BCUT2D eigenvalue weighted by Crippen LogP contribution is -2.03. The predicted octanol–water partition coefficient (Wildman–Crippen LogP) is 5.70. The van der Waals surface area contributed by atoms with Crippen molar-refractivity contribution in [2.75, 3.05) is 0 Å². The van der Waals surface area contributed by atoms with Crippen molar-refractivity contribution in [3.05, 3.63) is 107 Å². The quantitative estimate of drug-likeness (QED) is 0.249. The molecule has 0 saturated heterocycles. The largest absolute Gasteiger partial charge is 0.487 e. The van der Waals surface area contributed by atoms with Crippen LogP contribution in [0, 0.1) is 6.92 Å². The molecule has 0 saturated carbocycles. The first-order valence-electron chi connectivity index (χ1n) is 12.2. The number of oxazole rings is 1. The fourth-order valence-corrected chi connectivity index (χ4v) is 4.03. The average molecular weight is 500 g/mol. The van der Waals surface area contributed by atoms with Gasteiger partial charge in [-0.2, -0.15) is 0 Å². The van der Waals surface area contributed by atoms with Gasteiger partial charge < -0.3 is 23.4 Å². The van der Waals surface area contributed by atoms with E-state index in [1.165, 1.54) is 0 Å². The van der Waals surface area contributed by atoms with Gasteiger partial charge in [0.2, 0.25) is 5.88 Å². The van der Waals surface area contributed by atoms with Crippen LogP contribution in [0.25, 0.3) is 11.7 Å². The zero-order chi connectivity index (χ0) is 25.6. The van der Waals surface area contributed by atoms with E-state index in [-0.39, 0.29) is 13.2 Å². The van der Waals surface area contributed by atoms with E-state index in [1.807, 2.05) is 61.7 Å². The molecule has 190 valence electrons. The molecule has 8 nitrogen and oxygen atoms in total. The van der Waals surface area contributed by atoms with Gasteiger partial charge in [0, 0.05) is 6.20 Å². The molecule has 0 aliphatic rings. The van der Waals surface area contributed by atoms with Crippen molar-refractivity contribution in [3.63, 3.8) is 0 Å². The second-order valence-electron chi connectivity index (χ2n) is 8.67. The number of hydrogen-bond donors (Lipinski definition) is 1. The van der Waals surface area contributed by atoms with Crippen LogP contribution in [-0.4, -0.2) is 19.9 Å². The first-order chi connectivity index (χ1) is 18.1. The standard InChI is InChI=1S/C29H29N3O5/c1-3-23-14-22(18-36-28-24(17-33)16-32(31-28)15-21-8-5-4-6-9-21)11-12-26(23)35-19-25-20(2)37-29(30-25)27-10-7-13-34-27/h4-14,16,33H,3,15,17-19H2,1-2H3. The van der Waals surface area contributed by atoms with Crippen LogP contribution in [0.4, 0.5) is 0 Å². The van der Waals surface area contributed by atoms with Gasteiger partial charge in [0.15, 0.2) is 5.76 Å². The lowest BCUT2D eigenvalue weighted by atomic mass is 10.1. The molecular weight excluding hydrogens is 470 g/mol. The average Bonchev–Trinajstić information content (AvgIpc) is 3.67. The summed E-state index contributed by atoms with van der Waals surface area (Å²) in [5, 5.41) is 14.3. The van der Waals surface area contributed by atoms with Gasteiger partial charge in [-0.15, -0.1) is 5.10 Å². The summed E-state index contributed by atoms with van der Waals surface area (Å²) < 4.78 is 25.0. The summed E-state index contributed by atoms with van der Waals surface area (Å²) in [6.45, 7) is 5.03. The zero-order valence-corrected chi connectivity index (χ0v) is 20.9. The molecule has 0 amide bonds. The summed E-state index contributed by atoms with van der Waals surface area (Å²) in [7, 11) is 0. The van der Waals surface area contributed by atoms with E-state index >= 15 is 0 Å². The Hall–Kier alpha value is -4.30. The van der Waals surface area contributed by atoms with Crippen LogP contribution >= 0.6 is 0 Å². The number of nitrogens with zero attached hydrogens (tertiary/aromatic N) is 3. The molecule has 8 heteroatoms. The highest BCUT2D eigenvalue weighted by Gasteiger charge is 2.15. The molecule has 1 N–H and O–H groups in total. The Morgan fingerprint density at radius 2 is 1.81 bits per heavy atom. The van der Waals surface area contributed by atoms with Gasteiger partial charge in [0.1, 0.15) is 30.4 Å². The molecule has 0 spiro atoms. The Balaban J connectivity index is 1.23. The van der Waals surface area contributed by atoms with E-state index in [9.17, 15) is 5.11 Å². The summed E-state index contributed by atoms with van der Waals surface area (Å²) in [6, 6.07) is 19.6. The second-order valence-corrected chi connectivity index (χ2v) is 8.67. The van der Waals surface area contributed by atoms with Crippen LogP contribution in [0.5, 0.6) is 11.6 Å². The van der Waals surface area contributed by atoms with Gasteiger partial charge in [0.05, 0.1) is 25.0 Å². The van der Waals surface area contributed by atoms with Crippen molar-refractivity contribution >= 4 is 0 Å². The SMILES string of the molecule is CCc1cc(COc2nn(Cc3ccccc3)cc2CO)ccc1OCc1nc(-c2ccco2)oc1C. The number of rotatable bonds is 11. The Morgan fingerprint density at radius 3 is 2.57 bits per heavy atom. The number of aliphatic hydroxyl groups is 1. The maximum atomic E-state index is 9.77. The van der Waals surface area contributed by atoms with Crippen LogP contribution < -0.4 is 9.47 Å². The monoisotopic (exact) mass is 499 g/mol. The third-order valence-electron chi connectivity index (χ3n) is 6.03. The molecule has 5 rings (SSSR count). The fourth-order valence-electron chi connectivity index (χ4n) is 4.03. The summed E-state index contributed by atoms with van der Waals surface area (Å²) in [5.41, 5.74) is 4.56. The number of furan rings is 1. The molecule has 0 atom stereocenters. The van der Waals surface area contributed by atoms with Gasteiger partial charge in [-0.3, -0.25) is 4.68 Å². The van der Waals surface area contributed by atoms with Gasteiger partial charge in [-0.1, -0.05) is 43.3 Å². The topological polar surface area (TPSA) is 95.7 Å². The van der Waals surface area contributed by atoms with E-state index in [1.54, 1.807) is 17.0 Å². The number of hydrogen-bond acceptors (Lipinski definition) is 7. The number of ether oxygens (including phenoxy) is 2. The summed E-state index contributed by atoms with van der Waals surface area (Å²) in [5.74, 6) is 2.95. The Bertz CT molecular complexity index is 1440. The molecule has 0 aliphatic heterocycles. The van der Waals surface area contributed by atoms with Crippen LogP contribution in [0.15, 0.2) is 82.0 Å². The Morgan fingerprint density at radius 1 is 0.946 bits per heavy atom. The van der Waals surface area contributed by atoms with Crippen molar-refractivity contribution in [2.45, 2.75) is 46.6 Å². The molecule has 0 unspecified atom stereocenters. The smallest absolute Gasteiger partial charge is 0.263 e. The molecule has 2 aromatic carbocycles. The molecule has 3 aromatic heterocycles. The minimum atomic E-state index is -0.139. The van der Waals surface area contributed by atoms with Crippen molar-refractivity contribution in [1.82, 2.24) is 14.8 Å². The van der Waals surface area contributed by atoms with Gasteiger partial charge in [0.25, 0.3) is 5.89 Å². The number of aryl methyl sites for hydroxylation is 2. The van der Waals surface area contributed by atoms with E-state index < -0.39 is 0 Å². The first kappa shape index (κ1) is 24.4. The minimum Gasteiger partial charge on any atom is -0.487 e. The molecule has 0 bridgehead atoms. The maximum absolute atomic E-state index is 9.77. The van der Waals surface area contributed by atoms with Crippen LogP contribution in [0.2, 0.25) is 0 Å². The van der Waals surface area contributed by atoms with E-state index in [4.69, 9.17) is 18.3 Å². The van der Waals surface area contributed by atoms with Crippen molar-refractivity contribution in [2.24, 2.45) is 0 Å². The normalized spacial score (nSPS) is 11.1. The molecule has 0 aliphatic carbocycles. The van der Waals surface area contributed by atoms with Crippen LogP contribution in [0.1, 0.15) is 40.6 Å². The number of aromatic nitrogens is 3. The molecule has 37 heavy (non-hydrogen) atoms. The van der Waals surface area contributed by atoms with Crippen molar-refractivity contribution in [3.8, 4) is 23.3 Å². The molecule has 0 fully saturated rings. The number of aliphatic hydroxyl groups excluding tert-OH is 1. The Labute approximate surface area is 215 Å². The van der Waals surface area contributed by atoms with Gasteiger partial charge in [-0.25, -0.2) is 4.98 Å². The molecule has 3 heterocycles. The van der Waals surface area contributed by atoms with Crippen LogP contribution in [-0.2, 0) is 32.8 Å². The third-order valence-corrected chi connectivity index (χ3v) is 6.03. The molecule has 5 aromatic rings. The molecular formula is C29H29N3O5. The minimum absolute atomic E-state index is 0.139. The summed E-state index contributed by atoms with van der Waals surface area (Å²) in [4.78, 5) is 4.51. The molecule has 0 radical (unpaired) electrons. The third kappa shape index (κ3) is 5.76. The maximum Gasteiger partial charge on any atom is 0.263 e. The van der Waals surface area contributed by atoms with Crippen molar-refractivity contribution in [1.29, 1.82) is 0 Å². The van der Waals surface area contributed by atoms with Gasteiger partial charge in [-0.05, 0) is 54.3 Å². The van der Waals surface area contributed by atoms with Crippen LogP contribution in [0.3, 0.4) is 0 Å². The van der Waals surface area contributed by atoms with Gasteiger partial charge >= 0.3 is 0 Å². The van der Waals surface area contributed by atoms with Crippen molar-refractivity contribution < 1.29 is 23.4 Å². The predicted molar refractivity (Wildman–Crippen MR) is 137 cm³/mol. The van der Waals surface area contributed by atoms with E-state index in [2.05, 4.69) is 23.1 Å². The number of benzene rings is 2. The lowest BCUT2D eigenvalue weighted by molar-refractivity contribution is 0.254. The highest BCUT2D eigenvalue weighted by molar-refractivity contribution is 5.45. The highest BCUT2D eigenvalue weighted by atomic mass is 16.5.